The molecule has 1 heterocycles. The second-order valence-corrected chi connectivity index (χ2v) is 6.37. The van der Waals surface area contributed by atoms with E-state index in [4.69, 9.17) is 11.2 Å². The molecule has 0 fully saturated rings. The van der Waals surface area contributed by atoms with E-state index in [0.717, 1.165) is 17.7 Å². The summed E-state index contributed by atoms with van der Waals surface area (Å²) in [5, 5.41) is 2.70. The molecule has 0 saturated heterocycles. The van der Waals surface area contributed by atoms with Crippen LogP contribution >= 0.6 is 0 Å². The molecule has 0 radical (unpaired) electrons. The number of amides is 1. The van der Waals surface area contributed by atoms with E-state index >= 15 is 0 Å². The Kier molecular flexibility index (Phi) is 7.44. The van der Waals surface area contributed by atoms with Crippen LogP contribution in [0.15, 0.2) is 42.5 Å². The van der Waals surface area contributed by atoms with Gasteiger partial charge in [-0.2, -0.15) is 13.2 Å². The Balaban J connectivity index is 1.79. The summed E-state index contributed by atoms with van der Waals surface area (Å²) in [6, 6.07) is 11.0. The van der Waals surface area contributed by atoms with E-state index in [1.54, 1.807) is 6.92 Å². The summed E-state index contributed by atoms with van der Waals surface area (Å²) in [6.45, 7) is 1.97. The van der Waals surface area contributed by atoms with Gasteiger partial charge in [0.05, 0.1) is 5.56 Å². The Morgan fingerprint density at radius 3 is 2.64 bits per heavy atom. The van der Waals surface area contributed by atoms with E-state index in [0.29, 0.717) is 19.3 Å². The molecule has 0 saturated carbocycles. The van der Waals surface area contributed by atoms with Crippen molar-refractivity contribution in [3.05, 3.63) is 65.0 Å². The molecule has 0 unspecified atom stereocenters. The molecule has 1 N–H and O–H groups in total. The van der Waals surface area contributed by atoms with E-state index in [1.165, 1.54) is 0 Å². The number of nitrogens with zero attached hydrogens (tertiary/aromatic N) is 1. The Labute approximate surface area is 162 Å². The third-order valence-corrected chi connectivity index (χ3v) is 4.00. The number of benzene rings is 1. The van der Waals surface area contributed by atoms with Gasteiger partial charge in [0, 0.05) is 11.7 Å². The van der Waals surface area contributed by atoms with Gasteiger partial charge in [0.1, 0.15) is 12.3 Å². The lowest BCUT2D eigenvalue weighted by Crippen LogP contribution is -2.33. The van der Waals surface area contributed by atoms with Gasteiger partial charge in [0.2, 0.25) is 0 Å². The number of nitrogens with one attached hydrogen (secondary N) is 1. The number of alkyl carbamates (subject to hydrolysis) is 1. The Morgan fingerprint density at radius 1 is 1.29 bits per heavy atom. The first-order valence-electron chi connectivity index (χ1n) is 8.80. The first-order valence-corrected chi connectivity index (χ1v) is 8.80. The normalized spacial score (nSPS) is 12.1. The highest BCUT2D eigenvalue weighted by molar-refractivity contribution is 5.67. The number of terminal acetylenes is 1. The largest absolute Gasteiger partial charge is 0.445 e. The quantitative estimate of drug-likeness (QED) is 0.696. The van der Waals surface area contributed by atoms with Crippen molar-refractivity contribution in [2.24, 2.45) is 0 Å². The zero-order chi connectivity index (χ0) is 20.6. The fourth-order valence-corrected chi connectivity index (χ4v) is 2.58. The van der Waals surface area contributed by atoms with Crippen LogP contribution in [0.5, 0.6) is 0 Å². The molecule has 0 bridgehead atoms. The Morgan fingerprint density at radius 2 is 2.00 bits per heavy atom. The van der Waals surface area contributed by atoms with Crippen molar-refractivity contribution in [2.75, 3.05) is 0 Å². The smallest absolute Gasteiger partial charge is 0.416 e. The van der Waals surface area contributed by atoms with E-state index in [2.05, 4.69) is 16.2 Å². The maximum Gasteiger partial charge on any atom is 0.416 e. The van der Waals surface area contributed by atoms with Crippen LogP contribution in [0, 0.1) is 12.3 Å². The highest BCUT2D eigenvalue weighted by Crippen LogP contribution is 2.30. The van der Waals surface area contributed by atoms with Crippen LogP contribution in [0.4, 0.5) is 18.0 Å². The molecule has 2 rings (SSSR count). The predicted molar refractivity (Wildman–Crippen MR) is 99.3 cm³/mol. The monoisotopic (exact) mass is 390 g/mol. The summed E-state index contributed by atoms with van der Waals surface area (Å²) in [4.78, 5) is 15.8. The van der Waals surface area contributed by atoms with Gasteiger partial charge >= 0.3 is 12.3 Å². The molecule has 1 aromatic heterocycles. The summed E-state index contributed by atoms with van der Waals surface area (Å²) < 4.78 is 43.9. The first-order chi connectivity index (χ1) is 13.3. The maximum atomic E-state index is 12.9. The molecule has 148 valence electrons. The number of carbonyl (C=O) groups excluding carboxylic acids is 1. The highest BCUT2D eigenvalue weighted by Gasteiger charge is 2.31. The van der Waals surface area contributed by atoms with E-state index in [9.17, 15) is 18.0 Å². The standard InChI is InChI=1S/C21H21F3N2O2/c1-3-18-12-17(21(22,23)24)13-19(26-18)11-7-8-15(2)25-20(27)28-14-16-9-5-4-6-10-16/h1,4-6,9-10,12-13,15H,7-8,11,14H2,2H3,(H,25,27)/t15-/m0/s1. The van der Waals surface area contributed by atoms with Crippen LogP contribution in [0.25, 0.3) is 0 Å². The fraction of sp³-hybridized carbons (Fsp3) is 0.333. The van der Waals surface area contributed by atoms with Crippen LogP contribution in [-0.2, 0) is 23.9 Å². The molecule has 4 nitrogen and oxygen atoms in total. The van der Waals surface area contributed by atoms with Gasteiger partial charge in [0.15, 0.2) is 0 Å². The second-order valence-electron chi connectivity index (χ2n) is 6.37. The number of hydrogen-bond donors (Lipinski definition) is 1. The lowest BCUT2D eigenvalue weighted by molar-refractivity contribution is -0.137. The average Bonchev–Trinajstić information content (AvgIpc) is 2.66. The van der Waals surface area contributed by atoms with Crippen molar-refractivity contribution in [3.63, 3.8) is 0 Å². The molecule has 1 amide bonds. The summed E-state index contributed by atoms with van der Waals surface area (Å²) in [6.07, 6.45) is 1.60. The summed E-state index contributed by atoms with van der Waals surface area (Å²) in [7, 11) is 0. The van der Waals surface area contributed by atoms with Gasteiger partial charge in [0.25, 0.3) is 0 Å². The van der Waals surface area contributed by atoms with Gasteiger partial charge in [-0.25, -0.2) is 9.78 Å². The van der Waals surface area contributed by atoms with Gasteiger partial charge in [-0.15, -0.1) is 6.42 Å². The molecule has 1 aromatic carbocycles. The van der Waals surface area contributed by atoms with Crippen LogP contribution in [0.2, 0.25) is 0 Å². The number of alkyl halides is 3. The van der Waals surface area contributed by atoms with E-state index < -0.39 is 17.8 Å². The number of aromatic nitrogens is 1. The number of pyridine rings is 1. The van der Waals surface area contributed by atoms with Crippen molar-refractivity contribution in [2.45, 2.75) is 45.0 Å². The summed E-state index contributed by atoms with van der Waals surface area (Å²) in [5.74, 6) is 2.15. The highest BCUT2D eigenvalue weighted by atomic mass is 19.4. The molecule has 28 heavy (non-hydrogen) atoms. The number of hydrogen-bond acceptors (Lipinski definition) is 3. The fourth-order valence-electron chi connectivity index (χ4n) is 2.58. The number of halogens is 3. The topological polar surface area (TPSA) is 51.2 Å². The third-order valence-electron chi connectivity index (χ3n) is 4.00. The minimum atomic E-state index is -4.47. The van der Waals surface area contributed by atoms with Crippen LogP contribution < -0.4 is 5.32 Å². The van der Waals surface area contributed by atoms with Crippen molar-refractivity contribution < 1.29 is 22.7 Å². The lowest BCUT2D eigenvalue weighted by Gasteiger charge is -2.14. The summed E-state index contributed by atoms with van der Waals surface area (Å²) in [5.41, 5.74) is 0.313. The van der Waals surface area contributed by atoms with Crippen molar-refractivity contribution in [3.8, 4) is 12.3 Å². The number of aryl methyl sites for hydroxylation is 1. The molecular formula is C21H21F3N2O2. The van der Waals surface area contributed by atoms with Gasteiger partial charge < -0.3 is 10.1 Å². The number of carbonyl (C=O) groups is 1. The van der Waals surface area contributed by atoms with Crippen LogP contribution in [0.3, 0.4) is 0 Å². The first kappa shape index (κ1) is 21.3. The van der Waals surface area contributed by atoms with Crippen molar-refractivity contribution in [1.29, 1.82) is 0 Å². The molecule has 1 atom stereocenters. The Bertz CT molecular complexity index is 830. The minimum Gasteiger partial charge on any atom is -0.445 e. The van der Waals surface area contributed by atoms with Gasteiger partial charge in [-0.3, -0.25) is 0 Å². The minimum absolute atomic E-state index is 0.0412. The van der Waals surface area contributed by atoms with E-state index in [-0.39, 0.29) is 24.0 Å². The molecule has 0 spiro atoms. The van der Waals surface area contributed by atoms with Crippen molar-refractivity contribution >= 4 is 6.09 Å². The third kappa shape index (κ3) is 6.95. The number of ether oxygens (including phenoxy) is 1. The molecule has 2 aromatic rings. The second kappa shape index (κ2) is 9.79. The Hall–Kier alpha value is -3.01. The molecule has 0 aliphatic rings. The van der Waals surface area contributed by atoms with Crippen LogP contribution in [0.1, 0.15) is 42.3 Å². The molecule has 0 aliphatic carbocycles. The van der Waals surface area contributed by atoms with Gasteiger partial charge in [-0.05, 0) is 43.9 Å². The van der Waals surface area contributed by atoms with Gasteiger partial charge in [-0.1, -0.05) is 36.3 Å². The maximum absolute atomic E-state index is 12.9. The summed E-state index contributed by atoms with van der Waals surface area (Å²) >= 11 is 0. The predicted octanol–water partition coefficient (Wildman–Crippen LogP) is 4.72. The van der Waals surface area contributed by atoms with Crippen LogP contribution in [-0.4, -0.2) is 17.1 Å². The molecular weight excluding hydrogens is 369 g/mol. The number of rotatable bonds is 7. The van der Waals surface area contributed by atoms with E-state index in [1.807, 2.05) is 30.3 Å². The molecule has 0 aliphatic heterocycles. The zero-order valence-electron chi connectivity index (χ0n) is 15.4. The SMILES string of the molecule is C#Cc1cc(C(F)(F)F)cc(CCC[C@H](C)NC(=O)OCc2ccccc2)n1. The molecule has 7 heteroatoms. The zero-order valence-corrected chi connectivity index (χ0v) is 15.4. The van der Waals surface area contributed by atoms with Crippen molar-refractivity contribution in [1.82, 2.24) is 10.3 Å². The average molecular weight is 390 g/mol. The lowest BCUT2D eigenvalue weighted by atomic mass is 10.1.